The summed E-state index contributed by atoms with van der Waals surface area (Å²) in [5, 5.41) is 11.4. The number of nitrogens with zero attached hydrogens (tertiary/aromatic N) is 1. The zero-order valence-corrected chi connectivity index (χ0v) is 11.5. The summed E-state index contributed by atoms with van der Waals surface area (Å²) in [5.74, 6) is -1.58. The van der Waals surface area contributed by atoms with Gasteiger partial charge in [0, 0.05) is 12.6 Å². The molecule has 0 bridgehead atoms. The number of urea groups is 1. The number of carbonyl (C=O) groups is 2. The van der Waals surface area contributed by atoms with E-state index >= 15 is 0 Å². The largest absolute Gasteiger partial charge is 0.481 e. The molecule has 1 fully saturated rings. The molecule has 1 aliphatic heterocycles. The normalized spacial score (nSPS) is 23.4. The van der Waals surface area contributed by atoms with Crippen molar-refractivity contribution in [2.45, 2.75) is 25.4 Å². The number of carbonyl (C=O) groups excluding carboxylic acids is 1. The Morgan fingerprint density at radius 1 is 1.58 bits per heavy atom. The summed E-state index contributed by atoms with van der Waals surface area (Å²) >= 11 is 0. The van der Waals surface area contributed by atoms with Gasteiger partial charge in [-0.3, -0.25) is 4.79 Å². The maximum Gasteiger partial charge on any atom is 0.318 e. The molecule has 0 aromatic heterocycles. The number of rotatable bonds is 4. The monoisotopic (exact) mass is 290 g/mol. The number of aliphatic carboxylic acids is 1. The Kier molecular flexibility index (Phi) is 4.93. The molecule has 2 atom stereocenters. The molecule has 2 unspecified atom stereocenters. The van der Waals surface area contributed by atoms with Gasteiger partial charge in [0.1, 0.15) is 0 Å². The summed E-state index contributed by atoms with van der Waals surface area (Å²) in [6.07, 6.45) is 1.15. The molecule has 0 spiro atoms. The molecule has 1 rings (SSSR count). The van der Waals surface area contributed by atoms with Crippen LogP contribution in [0.15, 0.2) is 12.7 Å². The molecule has 0 saturated carbocycles. The fraction of sp³-hybridized carbons (Fsp3) is 0.636. The van der Waals surface area contributed by atoms with Gasteiger partial charge in [0.15, 0.2) is 9.84 Å². The minimum atomic E-state index is -3.28. The Morgan fingerprint density at radius 2 is 2.21 bits per heavy atom. The van der Waals surface area contributed by atoms with Gasteiger partial charge in [-0.25, -0.2) is 13.2 Å². The molecule has 1 saturated heterocycles. The minimum Gasteiger partial charge on any atom is -0.481 e. The standard InChI is InChI=1S/C11H18N2O5S/c1-3-8(2)12-11(16)13-4-5-19(17,18)7-9(13)6-10(14)15/h3,8-9H,1,4-7H2,2H3,(H,12,16)(H,14,15). The van der Waals surface area contributed by atoms with Gasteiger partial charge >= 0.3 is 12.0 Å². The predicted octanol–water partition coefficient (Wildman–Crippen LogP) is -0.156. The predicted molar refractivity (Wildman–Crippen MR) is 69.6 cm³/mol. The van der Waals surface area contributed by atoms with Crippen LogP contribution in [0.4, 0.5) is 4.79 Å². The molecule has 19 heavy (non-hydrogen) atoms. The first-order valence-corrected chi connectivity index (χ1v) is 7.69. The maximum atomic E-state index is 11.9. The Labute approximate surface area is 112 Å². The summed E-state index contributed by atoms with van der Waals surface area (Å²) in [7, 11) is -3.28. The molecular weight excluding hydrogens is 272 g/mol. The average molecular weight is 290 g/mol. The second-order valence-electron chi connectivity index (χ2n) is 4.53. The zero-order chi connectivity index (χ0) is 14.6. The van der Waals surface area contributed by atoms with Crippen LogP contribution in [0, 0.1) is 0 Å². The molecule has 0 aliphatic carbocycles. The van der Waals surface area contributed by atoms with Crippen molar-refractivity contribution in [3.05, 3.63) is 12.7 Å². The van der Waals surface area contributed by atoms with E-state index in [0.29, 0.717) is 0 Å². The maximum absolute atomic E-state index is 11.9. The van der Waals surface area contributed by atoms with Gasteiger partial charge in [-0.2, -0.15) is 0 Å². The Bertz CT molecular complexity index is 473. The number of amides is 2. The first-order chi connectivity index (χ1) is 8.75. The van der Waals surface area contributed by atoms with Crippen molar-refractivity contribution in [2.75, 3.05) is 18.1 Å². The summed E-state index contributed by atoms with van der Waals surface area (Å²) in [6, 6.07) is -1.56. The Balaban J connectivity index is 2.81. The van der Waals surface area contributed by atoms with Crippen molar-refractivity contribution in [1.82, 2.24) is 10.2 Å². The molecule has 108 valence electrons. The van der Waals surface area contributed by atoms with Crippen molar-refractivity contribution in [1.29, 1.82) is 0 Å². The van der Waals surface area contributed by atoms with E-state index in [1.165, 1.54) is 11.0 Å². The van der Waals surface area contributed by atoms with Crippen LogP contribution in [0.1, 0.15) is 13.3 Å². The Morgan fingerprint density at radius 3 is 2.74 bits per heavy atom. The van der Waals surface area contributed by atoms with Crippen molar-refractivity contribution in [2.24, 2.45) is 0 Å². The van der Waals surface area contributed by atoms with Gasteiger partial charge in [-0.1, -0.05) is 6.08 Å². The third-order valence-corrected chi connectivity index (χ3v) is 4.60. The average Bonchev–Trinajstić information content (AvgIpc) is 2.26. The fourth-order valence-corrected chi connectivity index (χ4v) is 3.39. The van der Waals surface area contributed by atoms with Gasteiger partial charge in [0.2, 0.25) is 0 Å². The van der Waals surface area contributed by atoms with Crippen molar-refractivity contribution < 1.29 is 23.1 Å². The zero-order valence-electron chi connectivity index (χ0n) is 10.7. The van der Waals surface area contributed by atoms with Gasteiger partial charge < -0.3 is 15.3 Å². The van der Waals surface area contributed by atoms with Gasteiger partial charge in [-0.15, -0.1) is 6.58 Å². The SMILES string of the molecule is C=CC(C)NC(=O)N1CCS(=O)(=O)CC1CC(=O)O. The van der Waals surface area contributed by atoms with Crippen LogP contribution in [0.5, 0.6) is 0 Å². The van der Waals surface area contributed by atoms with E-state index in [4.69, 9.17) is 5.11 Å². The van der Waals surface area contributed by atoms with Crippen LogP contribution in [0.2, 0.25) is 0 Å². The molecule has 8 heteroatoms. The summed E-state index contributed by atoms with van der Waals surface area (Å²) in [6.45, 7) is 5.26. The number of sulfone groups is 1. The van der Waals surface area contributed by atoms with Gasteiger partial charge in [0.25, 0.3) is 0 Å². The highest BCUT2D eigenvalue weighted by Crippen LogP contribution is 2.15. The number of hydrogen-bond acceptors (Lipinski definition) is 4. The van der Waals surface area contributed by atoms with E-state index < -0.39 is 27.9 Å². The summed E-state index contributed by atoms with van der Waals surface area (Å²) in [4.78, 5) is 24.0. The van der Waals surface area contributed by atoms with E-state index in [9.17, 15) is 18.0 Å². The number of carboxylic acid groups (broad SMARTS) is 1. The number of hydrogen-bond donors (Lipinski definition) is 2. The first-order valence-electron chi connectivity index (χ1n) is 5.87. The lowest BCUT2D eigenvalue weighted by Crippen LogP contribution is -2.56. The van der Waals surface area contributed by atoms with Crippen LogP contribution in [-0.4, -0.2) is 60.6 Å². The fourth-order valence-electron chi connectivity index (χ4n) is 1.86. The molecule has 0 aromatic carbocycles. The second kappa shape index (κ2) is 6.05. The molecule has 1 heterocycles. The highest BCUT2D eigenvalue weighted by atomic mass is 32.2. The molecule has 0 radical (unpaired) electrons. The third kappa shape index (κ3) is 4.55. The van der Waals surface area contributed by atoms with Crippen LogP contribution < -0.4 is 5.32 Å². The number of nitrogens with one attached hydrogen (secondary N) is 1. The van der Waals surface area contributed by atoms with Crippen molar-refractivity contribution >= 4 is 21.8 Å². The van der Waals surface area contributed by atoms with E-state index in [-0.39, 0.29) is 30.5 Å². The lowest BCUT2D eigenvalue weighted by molar-refractivity contribution is -0.138. The smallest absolute Gasteiger partial charge is 0.318 e. The molecule has 2 N–H and O–H groups in total. The third-order valence-electron chi connectivity index (χ3n) is 2.91. The van der Waals surface area contributed by atoms with Gasteiger partial charge in [-0.05, 0) is 6.92 Å². The molecule has 2 amide bonds. The van der Waals surface area contributed by atoms with Crippen LogP contribution >= 0.6 is 0 Å². The van der Waals surface area contributed by atoms with Crippen molar-refractivity contribution in [3.63, 3.8) is 0 Å². The molecule has 7 nitrogen and oxygen atoms in total. The number of carboxylic acids is 1. The summed E-state index contributed by atoms with van der Waals surface area (Å²) < 4.78 is 23.0. The van der Waals surface area contributed by atoms with E-state index in [0.717, 1.165) is 0 Å². The van der Waals surface area contributed by atoms with E-state index in [2.05, 4.69) is 11.9 Å². The van der Waals surface area contributed by atoms with Crippen LogP contribution in [-0.2, 0) is 14.6 Å². The van der Waals surface area contributed by atoms with Crippen molar-refractivity contribution in [3.8, 4) is 0 Å². The topological polar surface area (TPSA) is 104 Å². The van der Waals surface area contributed by atoms with E-state index in [1.807, 2.05) is 0 Å². The molecule has 0 aromatic rings. The Hall–Kier alpha value is -1.57. The first kappa shape index (κ1) is 15.5. The lowest BCUT2D eigenvalue weighted by Gasteiger charge is -2.35. The van der Waals surface area contributed by atoms with Crippen LogP contribution in [0.3, 0.4) is 0 Å². The highest BCUT2D eigenvalue weighted by Gasteiger charge is 2.35. The second-order valence-corrected chi connectivity index (χ2v) is 6.76. The highest BCUT2D eigenvalue weighted by molar-refractivity contribution is 7.91. The summed E-state index contributed by atoms with van der Waals surface area (Å²) in [5.41, 5.74) is 0. The minimum absolute atomic E-state index is 0.00990. The molecular formula is C11H18N2O5S. The lowest BCUT2D eigenvalue weighted by atomic mass is 10.2. The van der Waals surface area contributed by atoms with E-state index in [1.54, 1.807) is 6.92 Å². The van der Waals surface area contributed by atoms with Crippen LogP contribution in [0.25, 0.3) is 0 Å². The quantitative estimate of drug-likeness (QED) is 0.700. The van der Waals surface area contributed by atoms with Gasteiger partial charge in [0.05, 0.1) is 24.0 Å². The molecule has 1 aliphatic rings.